The maximum atomic E-state index is 14.0. The first kappa shape index (κ1) is 13.1. The molecule has 1 heterocycles. The quantitative estimate of drug-likeness (QED) is 0.633. The first-order valence-corrected chi connectivity index (χ1v) is 5.45. The van der Waals surface area contributed by atoms with Crippen LogP contribution >= 0.6 is 0 Å². The van der Waals surface area contributed by atoms with Gasteiger partial charge in [0.25, 0.3) is 0 Å². The van der Waals surface area contributed by atoms with Crippen LogP contribution in [0.3, 0.4) is 0 Å². The molecular weight excluding hydrogens is 258 g/mol. The van der Waals surface area contributed by atoms with Gasteiger partial charge in [0.15, 0.2) is 5.82 Å². The molecule has 0 bridgehead atoms. The second-order valence-corrected chi connectivity index (χ2v) is 4.20. The Morgan fingerprint density at radius 3 is 2.63 bits per heavy atom. The van der Waals surface area contributed by atoms with Crippen molar-refractivity contribution in [2.75, 3.05) is 0 Å². The molecule has 19 heavy (non-hydrogen) atoms. The third-order valence-electron chi connectivity index (χ3n) is 2.59. The zero-order valence-corrected chi connectivity index (χ0v) is 10.2. The number of rotatable bonds is 3. The van der Waals surface area contributed by atoms with E-state index in [4.69, 9.17) is 0 Å². The number of benzene rings is 1. The van der Waals surface area contributed by atoms with E-state index in [-0.39, 0.29) is 17.4 Å². The number of aromatic nitrogens is 3. The monoisotopic (exact) mass is 268 g/mol. The highest BCUT2D eigenvalue weighted by Gasteiger charge is 2.24. The minimum absolute atomic E-state index is 0.0510. The second kappa shape index (κ2) is 4.71. The van der Waals surface area contributed by atoms with Gasteiger partial charge < -0.3 is 4.57 Å². The van der Waals surface area contributed by atoms with E-state index in [9.17, 15) is 18.9 Å². The lowest BCUT2D eigenvalue weighted by Gasteiger charge is -2.10. The van der Waals surface area contributed by atoms with Gasteiger partial charge in [0.05, 0.1) is 16.6 Å². The fourth-order valence-electron chi connectivity index (χ4n) is 1.68. The predicted molar refractivity (Wildman–Crippen MR) is 62.4 cm³/mol. The van der Waals surface area contributed by atoms with Gasteiger partial charge in [-0.1, -0.05) is 0 Å². The molecule has 0 spiro atoms. The van der Waals surface area contributed by atoms with Crippen LogP contribution in [0.4, 0.5) is 14.5 Å². The second-order valence-electron chi connectivity index (χ2n) is 4.20. The van der Waals surface area contributed by atoms with Gasteiger partial charge in [0.2, 0.25) is 5.82 Å². The molecule has 0 aliphatic heterocycles. The van der Waals surface area contributed by atoms with Crippen LogP contribution in [0, 0.1) is 21.7 Å². The van der Waals surface area contributed by atoms with Crippen LogP contribution in [0.5, 0.6) is 0 Å². The van der Waals surface area contributed by atoms with Crippen LogP contribution in [-0.2, 0) is 0 Å². The Kier molecular flexibility index (Phi) is 3.24. The molecule has 2 rings (SSSR count). The molecule has 2 aromatic rings. The molecule has 0 unspecified atom stereocenters. The lowest BCUT2D eigenvalue weighted by atomic mass is 10.1. The van der Waals surface area contributed by atoms with Crippen molar-refractivity contribution in [1.29, 1.82) is 0 Å². The van der Waals surface area contributed by atoms with E-state index in [1.165, 1.54) is 10.9 Å². The lowest BCUT2D eigenvalue weighted by molar-refractivity contribution is -0.387. The molecule has 0 radical (unpaired) electrons. The average Bonchev–Trinajstić information content (AvgIpc) is 2.80. The Labute approximate surface area is 106 Å². The highest BCUT2D eigenvalue weighted by Crippen LogP contribution is 2.30. The topological polar surface area (TPSA) is 73.8 Å². The van der Waals surface area contributed by atoms with Gasteiger partial charge in [-0.2, -0.15) is 4.39 Å². The van der Waals surface area contributed by atoms with E-state index in [1.807, 2.05) is 0 Å². The van der Waals surface area contributed by atoms with Crippen molar-refractivity contribution in [1.82, 2.24) is 14.8 Å². The van der Waals surface area contributed by atoms with E-state index in [0.29, 0.717) is 6.07 Å². The highest BCUT2D eigenvalue weighted by molar-refractivity contribution is 5.61. The molecule has 1 aromatic carbocycles. The van der Waals surface area contributed by atoms with Gasteiger partial charge in [0, 0.05) is 6.04 Å². The van der Waals surface area contributed by atoms with Gasteiger partial charge in [-0.3, -0.25) is 10.1 Å². The van der Waals surface area contributed by atoms with Crippen LogP contribution in [0.25, 0.3) is 11.4 Å². The van der Waals surface area contributed by atoms with E-state index in [0.717, 1.165) is 6.07 Å². The van der Waals surface area contributed by atoms with Gasteiger partial charge in [-0.15, -0.1) is 10.2 Å². The van der Waals surface area contributed by atoms with E-state index >= 15 is 0 Å². The third-order valence-corrected chi connectivity index (χ3v) is 2.59. The van der Waals surface area contributed by atoms with Gasteiger partial charge in [-0.25, -0.2) is 4.39 Å². The molecule has 0 saturated carbocycles. The zero-order chi connectivity index (χ0) is 14.2. The first-order valence-electron chi connectivity index (χ1n) is 5.45. The number of halogens is 2. The molecule has 100 valence electrons. The van der Waals surface area contributed by atoms with Crippen molar-refractivity contribution in [2.24, 2.45) is 0 Å². The summed E-state index contributed by atoms with van der Waals surface area (Å²) in [5.74, 6) is -1.97. The molecule has 0 amide bonds. The molecule has 8 heteroatoms. The van der Waals surface area contributed by atoms with Crippen molar-refractivity contribution in [2.45, 2.75) is 19.9 Å². The lowest BCUT2D eigenvalue weighted by Crippen LogP contribution is -2.04. The Balaban J connectivity index is 2.69. The maximum absolute atomic E-state index is 14.0. The zero-order valence-electron chi connectivity index (χ0n) is 10.2. The smallest absolute Gasteiger partial charge is 0.308 e. The molecule has 0 atom stereocenters. The molecular formula is C11H10F2N4O2. The van der Waals surface area contributed by atoms with E-state index < -0.39 is 22.2 Å². The summed E-state index contributed by atoms with van der Waals surface area (Å²) in [6.07, 6.45) is 1.36. The Morgan fingerprint density at radius 1 is 1.37 bits per heavy atom. The fourth-order valence-corrected chi connectivity index (χ4v) is 1.68. The third kappa shape index (κ3) is 2.28. The number of hydrogen-bond acceptors (Lipinski definition) is 4. The summed E-state index contributed by atoms with van der Waals surface area (Å²) in [6, 6.07) is 1.31. The minimum Gasteiger partial charge on any atom is -0.311 e. The molecule has 0 N–H and O–H groups in total. The summed E-state index contributed by atoms with van der Waals surface area (Å²) in [5.41, 5.74) is -1.20. The van der Waals surface area contributed by atoms with E-state index in [1.54, 1.807) is 13.8 Å². The van der Waals surface area contributed by atoms with Gasteiger partial charge in [-0.05, 0) is 19.9 Å². The van der Waals surface area contributed by atoms with Gasteiger partial charge in [0.1, 0.15) is 12.1 Å². The van der Waals surface area contributed by atoms with Crippen molar-refractivity contribution < 1.29 is 13.7 Å². The standard InChI is InChI=1S/C11H10F2N4O2/c1-6(2)16-5-14-15-11(16)8-3-7(12)4-9(10(8)13)17(18)19/h3-6H,1-2H3. The van der Waals surface area contributed by atoms with Crippen LogP contribution in [0.2, 0.25) is 0 Å². The number of nitrogens with zero attached hydrogens (tertiary/aromatic N) is 4. The number of hydrogen-bond donors (Lipinski definition) is 0. The normalized spacial score (nSPS) is 11.0. The summed E-state index contributed by atoms with van der Waals surface area (Å²) in [6.45, 7) is 3.61. The Hall–Kier alpha value is -2.38. The molecule has 0 fully saturated rings. The largest absolute Gasteiger partial charge is 0.311 e. The molecule has 0 aliphatic carbocycles. The van der Waals surface area contributed by atoms with Crippen molar-refractivity contribution in [3.05, 3.63) is 40.2 Å². The Bertz CT molecular complexity index is 640. The predicted octanol–water partition coefficient (Wildman–Crippen LogP) is 2.71. The number of nitro benzene ring substituents is 1. The Morgan fingerprint density at radius 2 is 2.05 bits per heavy atom. The highest BCUT2D eigenvalue weighted by atomic mass is 19.1. The van der Waals surface area contributed by atoms with Crippen LogP contribution in [0.15, 0.2) is 18.5 Å². The maximum Gasteiger partial charge on any atom is 0.308 e. The average molecular weight is 268 g/mol. The summed E-state index contributed by atoms with van der Waals surface area (Å²) in [7, 11) is 0. The van der Waals surface area contributed by atoms with Crippen LogP contribution in [0.1, 0.15) is 19.9 Å². The summed E-state index contributed by atoms with van der Waals surface area (Å²) in [4.78, 5) is 9.70. The van der Waals surface area contributed by atoms with Gasteiger partial charge >= 0.3 is 5.69 Å². The minimum atomic E-state index is -1.12. The molecule has 6 nitrogen and oxygen atoms in total. The SMILES string of the molecule is CC(C)n1cnnc1-c1cc(F)cc([N+](=O)[O-])c1F. The molecule has 1 aromatic heterocycles. The first-order chi connectivity index (χ1) is 8.91. The van der Waals surface area contributed by atoms with Crippen molar-refractivity contribution in [3.63, 3.8) is 0 Å². The van der Waals surface area contributed by atoms with Crippen LogP contribution < -0.4 is 0 Å². The fraction of sp³-hybridized carbons (Fsp3) is 0.273. The summed E-state index contributed by atoms with van der Waals surface area (Å²) in [5, 5.41) is 18.0. The number of nitro groups is 1. The van der Waals surface area contributed by atoms with Crippen molar-refractivity contribution >= 4 is 5.69 Å². The van der Waals surface area contributed by atoms with E-state index in [2.05, 4.69) is 10.2 Å². The summed E-state index contributed by atoms with van der Waals surface area (Å²) < 4.78 is 28.9. The molecule has 0 aliphatic rings. The molecule has 0 saturated heterocycles. The van der Waals surface area contributed by atoms with Crippen LogP contribution in [-0.4, -0.2) is 19.7 Å². The van der Waals surface area contributed by atoms with Crippen molar-refractivity contribution in [3.8, 4) is 11.4 Å². The summed E-state index contributed by atoms with van der Waals surface area (Å²) >= 11 is 0.